The second kappa shape index (κ2) is 7.36. The van der Waals surface area contributed by atoms with E-state index in [4.69, 9.17) is 5.73 Å². The first kappa shape index (κ1) is 21.2. The Kier molecular flexibility index (Phi) is 5.19. The van der Waals surface area contributed by atoms with E-state index in [1.807, 2.05) is 30.3 Å². The highest BCUT2D eigenvalue weighted by atomic mass is 16.2. The number of carbonyl (C=O) groups excluding carboxylic acids is 1. The quantitative estimate of drug-likeness (QED) is 0.777. The summed E-state index contributed by atoms with van der Waals surface area (Å²) in [4.78, 5) is 13.7. The molecule has 0 aromatic heterocycles. The van der Waals surface area contributed by atoms with E-state index >= 15 is 0 Å². The maximum atomic E-state index is 12.1. The van der Waals surface area contributed by atoms with Crippen molar-refractivity contribution in [2.75, 3.05) is 13.1 Å². The Hall–Kier alpha value is -3.56. The third kappa shape index (κ3) is 3.14. The van der Waals surface area contributed by atoms with Crippen molar-refractivity contribution in [3.63, 3.8) is 0 Å². The fourth-order valence-corrected chi connectivity index (χ4v) is 4.50. The number of amides is 1. The van der Waals surface area contributed by atoms with Crippen LogP contribution in [0.3, 0.4) is 0 Å². The van der Waals surface area contributed by atoms with Gasteiger partial charge in [0, 0.05) is 31.8 Å². The van der Waals surface area contributed by atoms with E-state index in [-0.39, 0.29) is 28.5 Å². The summed E-state index contributed by atoms with van der Waals surface area (Å²) < 4.78 is 0. The van der Waals surface area contributed by atoms with Crippen LogP contribution in [0, 0.1) is 45.3 Å². The number of carbonyl (C=O) groups is 1. The van der Waals surface area contributed by atoms with Gasteiger partial charge in [0.15, 0.2) is 5.41 Å². The molecule has 0 unspecified atom stereocenters. The van der Waals surface area contributed by atoms with Crippen molar-refractivity contribution in [1.82, 2.24) is 4.90 Å². The van der Waals surface area contributed by atoms with Crippen LogP contribution in [0.2, 0.25) is 0 Å². The molecule has 0 spiro atoms. The lowest BCUT2D eigenvalue weighted by molar-refractivity contribution is -0.129. The monoisotopic (exact) mass is 399 g/mol. The molecule has 2 N–H and O–H groups in total. The van der Waals surface area contributed by atoms with Gasteiger partial charge < -0.3 is 10.6 Å². The van der Waals surface area contributed by atoms with Crippen molar-refractivity contribution in [3.8, 4) is 18.2 Å². The summed E-state index contributed by atoms with van der Waals surface area (Å²) in [7, 11) is 0. The Labute approximate surface area is 177 Å². The molecular formula is C24H25N5O. The molecule has 3 rings (SSSR count). The van der Waals surface area contributed by atoms with E-state index in [0.29, 0.717) is 13.1 Å². The van der Waals surface area contributed by atoms with E-state index in [1.54, 1.807) is 4.90 Å². The second-order valence-corrected chi connectivity index (χ2v) is 8.97. The van der Waals surface area contributed by atoms with Gasteiger partial charge in [-0.1, -0.05) is 51.1 Å². The van der Waals surface area contributed by atoms with Crippen molar-refractivity contribution >= 4 is 5.91 Å². The van der Waals surface area contributed by atoms with Crippen molar-refractivity contribution in [2.45, 2.75) is 39.0 Å². The zero-order valence-electron chi connectivity index (χ0n) is 17.7. The van der Waals surface area contributed by atoms with Gasteiger partial charge in [0.1, 0.15) is 6.07 Å². The number of hydrogen-bond donors (Lipinski definition) is 1. The first-order valence-electron chi connectivity index (χ1n) is 9.90. The smallest absolute Gasteiger partial charge is 0.219 e. The Bertz CT molecular complexity index is 1050. The highest BCUT2D eigenvalue weighted by molar-refractivity contribution is 5.74. The van der Waals surface area contributed by atoms with Crippen LogP contribution in [0.1, 0.15) is 44.7 Å². The van der Waals surface area contributed by atoms with Gasteiger partial charge in [-0.3, -0.25) is 4.79 Å². The number of allylic oxidation sites excluding steroid dienone is 2. The van der Waals surface area contributed by atoms with Gasteiger partial charge in [0.05, 0.1) is 23.4 Å². The zero-order chi connectivity index (χ0) is 22.3. The molecular weight excluding hydrogens is 374 g/mol. The maximum Gasteiger partial charge on any atom is 0.219 e. The molecule has 1 aromatic rings. The molecule has 0 saturated carbocycles. The van der Waals surface area contributed by atoms with Crippen LogP contribution >= 0.6 is 0 Å². The summed E-state index contributed by atoms with van der Waals surface area (Å²) in [5, 5.41) is 30.0. The topological polar surface area (TPSA) is 118 Å². The average molecular weight is 399 g/mol. The molecule has 1 aliphatic heterocycles. The third-order valence-electron chi connectivity index (χ3n) is 6.25. The molecule has 30 heavy (non-hydrogen) atoms. The molecule has 2 atom stereocenters. The summed E-state index contributed by atoms with van der Waals surface area (Å²) in [5.74, 6) is -1.05. The minimum Gasteiger partial charge on any atom is -0.399 e. The van der Waals surface area contributed by atoms with Crippen molar-refractivity contribution in [2.24, 2.45) is 17.1 Å². The van der Waals surface area contributed by atoms with Gasteiger partial charge in [0.25, 0.3) is 0 Å². The van der Waals surface area contributed by atoms with Crippen LogP contribution in [0.4, 0.5) is 0 Å². The standard InChI is InChI=1S/C24H25N5O/c1-15(30)29-10-9-18-19(11-25)22(28)24(13-26,14-27)21(20(18)12-29)16-5-7-17(8-6-16)23(2,3)4/h5-9,20-21H,10,12,28H2,1-4H3/t20-,21-/m1/s1. The molecule has 6 nitrogen and oxygen atoms in total. The van der Waals surface area contributed by atoms with Crippen molar-refractivity contribution in [1.29, 1.82) is 15.8 Å². The van der Waals surface area contributed by atoms with E-state index in [0.717, 1.165) is 16.7 Å². The van der Waals surface area contributed by atoms with E-state index < -0.39 is 11.3 Å². The first-order chi connectivity index (χ1) is 14.1. The zero-order valence-corrected chi connectivity index (χ0v) is 17.7. The summed E-state index contributed by atoms with van der Waals surface area (Å²) in [5.41, 5.74) is 7.42. The van der Waals surface area contributed by atoms with Crippen molar-refractivity contribution in [3.05, 3.63) is 58.3 Å². The van der Waals surface area contributed by atoms with Gasteiger partial charge in [-0.2, -0.15) is 15.8 Å². The predicted octanol–water partition coefficient (Wildman–Crippen LogP) is 3.26. The Morgan fingerprint density at radius 1 is 1.17 bits per heavy atom. The number of nitrogens with two attached hydrogens (primary N) is 1. The number of fused-ring (bicyclic) bond motifs is 1. The normalized spacial score (nSPS) is 22.8. The number of nitriles is 3. The fraction of sp³-hybridized carbons (Fsp3) is 0.417. The molecule has 1 heterocycles. The van der Waals surface area contributed by atoms with Gasteiger partial charge in [0.2, 0.25) is 5.91 Å². The van der Waals surface area contributed by atoms with E-state index in [2.05, 4.69) is 39.0 Å². The minimum absolute atomic E-state index is 0.00123. The number of nitrogens with zero attached hydrogens (tertiary/aromatic N) is 4. The molecule has 6 heteroatoms. The number of benzene rings is 1. The second-order valence-electron chi connectivity index (χ2n) is 8.97. The third-order valence-corrected chi connectivity index (χ3v) is 6.25. The van der Waals surface area contributed by atoms with Gasteiger partial charge >= 0.3 is 0 Å². The van der Waals surface area contributed by atoms with Crippen LogP contribution in [-0.2, 0) is 10.2 Å². The largest absolute Gasteiger partial charge is 0.399 e. The fourth-order valence-electron chi connectivity index (χ4n) is 4.50. The molecule has 152 valence electrons. The highest BCUT2D eigenvalue weighted by Crippen LogP contribution is 2.54. The summed E-state index contributed by atoms with van der Waals surface area (Å²) in [6.45, 7) is 8.54. The van der Waals surface area contributed by atoms with Crippen LogP contribution < -0.4 is 5.73 Å². The molecule has 0 radical (unpaired) electrons. The Balaban J connectivity index is 2.26. The van der Waals surface area contributed by atoms with Crippen LogP contribution in [0.25, 0.3) is 0 Å². The molecule has 0 bridgehead atoms. The molecule has 0 fully saturated rings. The SMILES string of the molecule is CC(=O)N1CC=C2C(C#N)=C(N)C(C#N)(C#N)[C@H](c3ccc(C(C)(C)C)cc3)[C@@H]2C1. The Morgan fingerprint density at radius 2 is 1.77 bits per heavy atom. The van der Waals surface area contributed by atoms with Gasteiger partial charge in [-0.15, -0.1) is 0 Å². The Morgan fingerprint density at radius 3 is 2.23 bits per heavy atom. The molecule has 0 saturated heterocycles. The van der Waals surface area contributed by atoms with Crippen LogP contribution in [0.5, 0.6) is 0 Å². The average Bonchev–Trinajstić information content (AvgIpc) is 2.72. The minimum atomic E-state index is -1.68. The lowest BCUT2D eigenvalue weighted by Gasteiger charge is -2.45. The van der Waals surface area contributed by atoms with E-state index in [9.17, 15) is 20.6 Å². The van der Waals surface area contributed by atoms with Gasteiger partial charge in [-0.05, 0) is 22.1 Å². The summed E-state index contributed by atoms with van der Waals surface area (Å²) >= 11 is 0. The van der Waals surface area contributed by atoms with E-state index in [1.165, 1.54) is 6.92 Å². The lowest BCUT2D eigenvalue weighted by Crippen LogP contribution is -2.48. The van der Waals surface area contributed by atoms with Crippen LogP contribution in [-0.4, -0.2) is 23.9 Å². The molecule has 1 amide bonds. The van der Waals surface area contributed by atoms with Gasteiger partial charge in [-0.25, -0.2) is 0 Å². The first-order valence-corrected chi connectivity index (χ1v) is 9.90. The highest BCUT2D eigenvalue weighted by Gasteiger charge is 2.54. The van der Waals surface area contributed by atoms with Crippen molar-refractivity contribution < 1.29 is 4.79 Å². The molecule has 2 aliphatic rings. The molecule has 1 aromatic carbocycles. The predicted molar refractivity (Wildman–Crippen MR) is 112 cm³/mol. The maximum absolute atomic E-state index is 12.1. The number of rotatable bonds is 1. The summed E-state index contributed by atoms with van der Waals surface area (Å²) in [6.07, 6.45) is 1.83. The lowest BCUT2D eigenvalue weighted by atomic mass is 9.58. The number of hydrogen-bond acceptors (Lipinski definition) is 5. The van der Waals surface area contributed by atoms with Crippen LogP contribution in [0.15, 0.2) is 47.2 Å². The molecule has 1 aliphatic carbocycles. The summed E-state index contributed by atoms with van der Waals surface area (Å²) in [6, 6.07) is 14.2.